The summed E-state index contributed by atoms with van der Waals surface area (Å²) in [6, 6.07) is 13.6. The van der Waals surface area contributed by atoms with Crippen LogP contribution in [0.25, 0.3) is 5.65 Å². The summed E-state index contributed by atoms with van der Waals surface area (Å²) in [4.78, 5) is 34.5. The van der Waals surface area contributed by atoms with Gasteiger partial charge in [0, 0.05) is 44.2 Å². The first-order valence-electron chi connectivity index (χ1n) is 11.1. The van der Waals surface area contributed by atoms with Crippen LogP contribution in [-0.2, 0) is 11.3 Å². The van der Waals surface area contributed by atoms with E-state index in [4.69, 9.17) is 4.74 Å². The molecule has 0 aliphatic carbocycles. The lowest BCUT2D eigenvalue weighted by Crippen LogP contribution is -2.44. The number of fused-ring (bicyclic) bond motifs is 1. The van der Waals surface area contributed by atoms with Crippen LogP contribution in [0.4, 0.5) is 0 Å². The van der Waals surface area contributed by atoms with Gasteiger partial charge in [0.05, 0.1) is 12.8 Å². The first-order chi connectivity index (χ1) is 15.5. The monoisotopic (exact) mass is 432 g/mol. The Kier molecular flexibility index (Phi) is 5.12. The maximum Gasteiger partial charge on any atom is 0.272 e. The van der Waals surface area contributed by atoms with Crippen LogP contribution < -0.4 is 4.74 Å². The molecule has 1 aromatic carbocycles. The molecule has 2 saturated heterocycles. The lowest BCUT2D eigenvalue weighted by atomic mass is 9.77. The molecule has 32 heavy (non-hydrogen) atoms. The number of amides is 2. The second-order valence-corrected chi connectivity index (χ2v) is 9.04. The number of aromatic nitrogens is 2. The summed E-state index contributed by atoms with van der Waals surface area (Å²) in [5.74, 6) is 1.05. The summed E-state index contributed by atoms with van der Waals surface area (Å²) in [6.07, 6.45) is 4.15. The maximum atomic E-state index is 13.3. The molecule has 7 nitrogen and oxygen atoms in total. The zero-order chi connectivity index (χ0) is 22.3. The van der Waals surface area contributed by atoms with Gasteiger partial charge in [0.2, 0.25) is 5.91 Å². The van der Waals surface area contributed by atoms with Crippen molar-refractivity contribution in [1.29, 1.82) is 0 Å². The number of carbonyl (C=O) groups excluding carboxylic acids is 2. The Labute approximate surface area is 187 Å². The zero-order valence-corrected chi connectivity index (χ0v) is 18.6. The first-order valence-corrected chi connectivity index (χ1v) is 11.1. The minimum absolute atomic E-state index is 0.0236. The Morgan fingerprint density at radius 3 is 2.59 bits per heavy atom. The van der Waals surface area contributed by atoms with E-state index < -0.39 is 0 Å². The Balaban J connectivity index is 1.25. The zero-order valence-electron chi connectivity index (χ0n) is 18.6. The molecule has 166 valence electrons. The van der Waals surface area contributed by atoms with E-state index in [0.29, 0.717) is 31.7 Å². The van der Waals surface area contributed by atoms with Gasteiger partial charge in [0.25, 0.3) is 5.91 Å². The van der Waals surface area contributed by atoms with Gasteiger partial charge in [-0.15, -0.1) is 0 Å². The fourth-order valence-electron chi connectivity index (χ4n) is 5.12. The molecule has 0 N–H and O–H groups in total. The van der Waals surface area contributed by atoms with E-state index >= 15 is 0 Å². The summed E-state index contributed by atoms with van der Waals surface area (Å²) >= 11 is 0. The molecule has 0 bridgehead atoms. The van der Waals surface area contributed by atoms with Gasteiger partial charge in [-0.2, -0.15) is 0 Å². The van der Waals surface area contributed by atoms with Crippen molar-refractivity contribution in [3.8, 4) is 5.75 Å². The van der Waals surface area contributed by atoms with E-state index in [1.54, 1.807) is 7.11 Å². The van der Waals surface area contributed by atoms with Crippen LogP contribution in [0.15, 0.2) is 48.7 Å². The molecule has 5 rings (SSSR count). The number of ether oxygens (including phenoxy) is 1. The Morgan fingerprint density at radius 2 is 1.88 bits per heavy atom. The average molecular weight is 433 g/mol. The second kappa shape index (κ2) is 7.97. The number of imidazole rings is 1. The fraction of sp³-hybridized carbons (Fsp3) is 0.400. The fourth-order valence-corrected chi connectivity index (χ4v) is 5.12. The van der Waals surface area contributed by atoms with Crippen LogP contribution in [0, 0.1) is 12.3 Å². The molecular weight excluding hydrogens is 404 g/mol. The molecule has 2 aliphatic rings. The minimum Gasteiger partial charge on any atom is -0.497 e. The highest BCUT2D eigenvalue weighted by molar-refractivity contribution is 5.94. The number of likely N-dealkylation sites (tertiary alicyclic amines) is 2. The summed E-state index contributed by atoms with van der Waals surface area (Å²) in [5.41, 5.74) is 3.25. The maximum absolute atomic E-state index is 13.3. The predicted octanol–water partition coefficient (Wildman–Crippen LogP) is 3.31. The molecule has 0 atom stereocenters. The van der Waals surface area contributed by atoms with Crippen molar-refractivity contribution >= 4 is 17.5 Å². The van der Waals surface area contributed by atoms with Crippen LogP contribution in [0.1, 0.15) is 41.0 Å². The number of nitrogens with zero attached hydrogens (tertiary/aromatic N) is 4. The minimum atomic E-state index is -0.0329. The van der Waals surface area contributed by atoms with Gasteiger partial charge in [0.1, 0.15) is 17.1 Å². The second-order valence-electron chi connectivity index (χ2n) is 9.04. The van der Waals surface area contributed by atoms with Crippen molar-refractivity contribution in [3.05, 3.63) is 65.6 Å². The third-order valence-electron chi connectivity index (χ3n) is 6.96. The van der Waals surface area contributed by atoms with Gasteiger partial charge in [0.15, 0.2) is 0 Å². The lowest BCUT2D eigenvalue weighted by Gasteiger charge is -2.38. The smallest absolute Gasteiger partial charge is 0.272 e. The van der Waals surface area contributed by atoms with E-state index in [2.05, 4.69) is 4.98 Å². The van der Waals surface area contributed by atoms with Gasteiger partial charge >= 0.3 is 0 Å². The number of pyridine rings is 1. The van der Waals surface area contributed by atoms with Crippen LogP contribution in [0.2, 0.25) is 0 Å². The van der Waals surface area contributed by atoms with Crippen molar-refractivity contribution in [2.24, 2.45) is 5.41 Å². The number of hydrogen-bond acceptors (Lipinski definition) is 4. The number of rotatable bonds is 4. The molecule has 0 radical (unpaired) electrons. The number of benzene rings is 1. The van der Waals surface area contributed by atoms with E-state index in [1.807, 2.05) is 69.8 Å². The summed E-state index contributed by atoms with van der Waals surface area (Å²) in [7, 11) is 1.65. The molecule has 2 amide bonds. The molecule has 1 spiro atoms. The van der Waals surface area contributed by atoms with Gasteiger partial charge < -0.3 is 14.5 Å². The molecule has 2 aromatic heterocycles. The standard InChI is InChI=1S/C25H28N4O3/c1-18-23(29-12-4-3-5-21(29)26-18)24(31)27-13-10-25(11-14-27)15-22(30)28(17-25)16-19-6-8-20(32-2)9-7-19/h3-9,12H,10-11,13-17H2,1-2H3. The topological polar surface area (TPSA) is 67.2 Å². The van der Waals surface area contributed by atoms with Crippen molar-refractivity contribution < 1.29 is 14.3 Å². The summed E-state index contributed by atoms with van der Waals surface area (Å²) < 4.78 is 7.09. The third kappa shape index (κ3) is 3.61. The number of aryl methyl sites for hydroxylation is 1. The van der Waals surface area contributed by atoms with Crippen LogP contribution in [0.5, 0.6) is 5.75 Å². The summed E-state index contributed by atoms with van der Waals surface area (Å²) in [5, 5.41) is 0. The number of carbonyl (C=O) groups is 2. The molecule has 0 saturated carbocycles. The van der Waals surface area contributed by atoms with Crippen molar-refractivity contribution in [2.45, 2.75) is 32.7 Å². The summed E-state index contributed by atoms with van der Waals surface area (Å²) in [6.45, 7) is 4.60. The van der Waals surface area contributed by atoms with Gasteiger partial charge in [-0.05, 0) is 49.6 Å². The molecular formula is C25H28N4O3. The Bertz CT molecular complexity index is 1160. The normalized spacial score (nSPS) is 18.0. The molecule has 7 heteroatoms. The molecule has 2 aliphatic heterocycles. The van der Waals surface area contributed by atoms with E-state index in [0.717, 1.165) is 42.0 Å². The predicted molar refractivity (Wildman–Crippen MR) is 121 cm³/mol. The first kappa shape index (κ1) is 20.5. The van der Waals surface area contributed by atoms with Crippen molar-refractivity contribution in [3.63, 3.8) is 0 Å². The van der Waals surface area contributed by atoms with Crippen LogP contribution >= 0.6 is 0 Å². The van der Waals surface area contributed by atoms with E-state index in [-0.39, 0.29) is 17.2 Å². The highest BCUT2D eigenvalue weighted by Gasteiger charge is 2.45. The number of piperidine rings is 1. The SMILES string of the molecule is COc1ccc(CN2CC3(CCN(C(=O)c4c(C)nc5ccccn45)CC3)CC2=O)cc1. The number of hydrogen-bond donors (Lipinski definition) is 0. The van der Waals surface area contributed by atoms with Crippen molar-refractivity contribution in [2.75, 3.05) is 26.7 Å². The molecule has 4 heterocycles. The lowest BCUT2D eigenvalue weighted by molar-refractivity contribution is -0.128. The van der Waals surface area contributed by atoms with E-state index in [1.165, 1.54) is 0 Å². The molecule has 3 aromatic rings. The van der Waals surface area contributed by atoms with Crippen LogP contribution in [-0.4, -0.2) is 57.7 Å². The Hall–Kier alpha value is -3.35. The van der Waals surface area contributed by atoms with E-state index in [9.17, 15) is 9.59 Å². The highest BCUT2D eigenvalue weighted by atomic mass is 16.5. The van der Waals surface area contributed by atoms with Crippen molar-refractivity contribution in [1.82, 2.24) is 19.2 Å². The van der Waals surface area contributed by atoms with Gasteiger partial charge in [-0.3, -0.25) is 14.0 Å². The highest BCUT2D eigenvalue weighted by Crippen LogP contribution is 2.41. The molecule has 0 unspecified atom stereocenters. The average Bonchev–Trinajstić information content (AvgIpc) is 3.29. The number of methoxy groups -OCH3 is 1. The third-order valence-corrected chi connectivity index (χ3v) is 6.96. The van der Waals surface area contributed by atoms with Gasteiger partial charge in [-0.1, -0.05) is 18.2 Å². The van der Waals surface area contributed by atoms with Gasteiger partial charge in [-0.25, -0.2) is 4.98 Å². The quantitative estimate of drug-likeness (QED) is 0.634. The largest absolute Gasteiger partial charge is 0.497 e. The molecule has 2 fully saturated rings. The Morgan fingerprint density at radius 1 is 1.12 bits per heavy atom. The van der Waals surface area contributed by atoms with Crippen LogP contribution in [0.3, 0.4) is 0 Å².